The minimum atomic E-state index is -1.00. The van der Waals surface area contributed by atoms with E-state index in [2.05, 4.69) is 28.3 Å². The largest absolute Gasteiger partial charge is 0.379 e. The Labute approximate surface area is 519 Å². The molecule has 1 aromatic rings. The molecule has 2 saturated carbocycles. The van der Waals surface area contributed by atoms with Crippen LogP contribution in [0.3, 0.4) is 0 Å². The first-order valence-electron chi connectivity index (χ1n) is 32.7. The lowest BCUT2D eigenvalue weighted by molar-refractivity contribution is -0.203. The van der Waals surface area contributed by atoms with Crippen LogP contribution < -0.4 is 16.2 Å². The molecule has 20 heteroatoms. The van der Waals surface area contributed by atoms with Gasteiger partial charge in [0.2, 0.25) is 41.4 Å². The molecule has 3 aliphatic heterocycles. The van der Waals surface area contributed by atoms with Gasteiger partial charge in [-0.1, -0.05) is 120 Å². The van der Waals surface area contributed by atoms with Crippen LogP contribution >= 0.6 is 0 Å². The topological polar surface area (TPSA) is 234 Å². The third-order valence-electron chi connectivity index (χ3n) is 21.2. The van der Waals surface area contributed by atoms with Crippen molar-refractivity contribution in [2.75, 3.05) is 61.1 Å². The van der Waals surface area contributed by atoms with Crippen molar-refractivity contribution in [3.8, 4) is 0 Å². The Kier molecular flexibility index (Phi) is 24.4. The molecule has 13 atom stereocenters. The number of nitrogens with zero attached hydrogens (tertiary/aromatic N) is 5. The summed E-state index contributed by atoms with van der Waals surface area (Å²) in [5.74, 6) is -3.35. The van der Waals surface area contributed by atoms with Crippen LogP contribution in [0, 0.1) is 51.2 Å². The first-order chi connectivity index (χ1) is 41.1. The molecule has 2 aliphatic carbocycles. The number of Topliss-reactive ketones (excluding diaryl/α,β-unsaturated/α-hetero) is 1. The summed E-state index contributed by atoms with van der Waals surface area (Å²) in [5.41, 5.74) is 3.55. The lowest BCUT2D eigenvalue weighted by Crippen LogP contribution is -2.60. The molecular formula is C67H108N8O12. The van der Waals surface area contributed by atoms with Crippen molar-refractivity contribution in [1.29, 1.82) is 0 Å². The predicted octanol–water partition coefficient (Wildman–Crippen LogP) is 7.63. The average molecular weight is 1220 g/mol. The summed E-state index contributed by atoms with van der Waals surface area (Å²) in [6, 6.07) is 7.61. The summed E-state index contributed by atoms with van der Waals surface area (Å²) < 4.78 is 12.3. The van der Waals surface area contributed by atoms with Crippen LogP contribution in [0.25, 0.3) is 0 Å². The van der Waals surface area contributed by atoms with Crippen molar-refractivity contribution < 1.29 is 57.5 Å². The van der Waals surface area contributed by atoms with E-state index in [0.717, 1.165) is 31.2 Å². The van der Waals surface area contributed by atoms with E-state index in [0.29, 0.717) is 71.2 Å². The summed E-state index contributed by atoms with van der Waals surface area (Å²) in [6.45, 7) is 25.0. The van der Waals surface area contributed by atoms with Crippen LogP contribution in [0.1, 0.15) is 191 Å². The Balaban J connectivity index is 1.00. The number of nitrogens with one attached hydrogen (secondary N) is 3. The van der Waals surface area contributed by atoms with Gasteiger partial charge in [-0.3, -0.25) is 68.6 Å². The van der Waals surface area contributed by atoms with E-state index in [-0.39, 0.29) is 115 Å². The third-order valence-corrected chi connectivity index (χ3v) is 21.2. The smallest absolute Gasteiger partial charge is 0.252 e. The molecule has 8 amide bonds. The number of hydrazine groups is 1. The molecule has 0 spiro atoms. The van der Waals surface area contributed by atoms with E-state index in [1.165, 1.54) is 4.90 Å². The molecule has 13 unspecified atom stereocenters. The molecule has 3 N–H and O–H groups in total. The average Bonchev–Trinajstić information content (AvgIpc) is 1.48. The number of ether oxygens (including phenoxy) is 2. The highest BCUT2D eigenvalue weighted by atomic mass is 16.7. The number of rotatable bonds is 33. The van der Waals surface area contributed by atoms with E-state index in [9.17, 15) is 43.2 Å². The number of hydrogen-bond donors (Lipinski definition) is 3. The number of likely N-dealkylation sites (N-methyl/N-ethyl adjacent to an activating group) is 2. The van der Waals surface area contributed by atoms with Gasteiger partial charge in [-0.2, -0.15) is 0 Å². The highest BCUT2D eigenvalue weighted by Crippen LogP contribution is 2.76. The molecule has 0 radical (unpaired) electrons. The molecule has 488 valence electrons. The van der Waals surface area contributed by atoms with Gasteiger partial charge in [0.05, 0.1) is 60.1 Å². The molecule has 5 fully saturated rings. The minimum Gasteiger partial charge on any atom is -0.379 e. The van der Waals surface area contributed by atoms with Crippen molar-refractivity contribution >= 4 is 53.0 Å². The summed E-state index contributed by atoms with van der Waals surface area (Å²) >= 11 is 0. The van der Waals surface area contributed by atoms with Gasteiger partial charge in [0.25, 0.3) is 5.91 Å². The zero-order chi connectivity index (χ0) is 64.5. The first kappa shape index (κ1) is 70.8. The number of ketones is 1. The lowest BCUT2D eigenvalue weighted by Gasteiger charge is -2.41. The standard InChI is InChI=1S/C67H108N8O12/c1-17-44(8)55(50(85-15)40-52(78)73-36-26-30-48(73)56(86-16)45(9)49(76)31-25-33-66(62(83)75-37-23-24-39-87-75)41-47(66)46-28-21-20-22-29-46)72(14)59(80)53(42(4)5)68-58(79)54(43(6)7)71(13)35-27-32-51(77)69-70-61(82)64(10,11)34-38-74-60(81)57-65(12,18-2)67(57,19-3)63(74)84/h20-22,28-29,42-45,47-48,50,53-57H,17-19,23-27,30-41H2,1-16H3,(H,68,79)(H,69,77)(H,70,82). The predicted molar refractivity (Wildman–Crippen MR) is 331 cm³/mol. The van der Waals surface area contributed by atoms with Gasteiger partial charge in [-0.05, 0) is 119 Å². The van der Waals surface area contributed by atoms with Gasteiger partial charge in [0, 0.05) is 65.1 Å². The molecule has 6 rings (SSSR count). The molecule has 1 aromatic carbocycles. The van der Waals surface area contributed by atoms with Crippen LogP contribution in [-0.2, 0) is 57.5 Å². The Bertz CT molecular complexity index is 2590. The van der Waals surface area contributed by atoms with Gasteiger partial charge in [-0.25, -0.2) is 5.06 Å². The second kappa shape index (κ2) is 30.0. The number of methoxy groups -OCH3 is 2. The van der Waals surface area contributed by atoms with Gasteiger partial charge in [0.1, 0.15) is 11.8 Å². The summed E-state index contributed by atoms with van der Waals surface area (Å²) in [7, 11) is 6.65. The van der Waals surface area contributed by atoms with E-state index in [1.807, 2.05) is 97.2 Å². The van der Waals surface area contributed by atoms with Crippen LogP contribution in [0.2, 0.25) is 0 Å². The Morgan fingerprint density at radius 2 is 1.54 bits per heavy atom. The molecule has 5 aliphatic rings. The van der Waals surface area contributed by atoms with E-state index >= 15 is 0 Å². The Morgan fingerprint density at radius 3 is 2.11 bits per heavy atom. The number of carbonyl (C=O) groups is 9. The van der Waals surface area contributed by atoms with Crippen molar-refractivity contribution in [3.05, 3.63) is 35.9 Å². The minimum absolute atomic E-state index is 0.00684. The fourth-order valence-corrected chi connectivity index (χ4v) is 15.3. The van der Waals surface area contributed by atoms with E-state index in [4.69, 9.17) is 14.3 Å². The number of hydrogen-bond acceptors (Lipinski definition) is 13. The molecule has 3 heterocycles. The lowest BCUT2D eigenvalue weighted by atomic mass is 9.86. The van der Waals surface area contributed by atoms with Gasteiger partial charge in [-0.15, -0.1) is 0 Å². The van der Waals surface area contributed by atoms with Crippen LogP contribution in [0.4, 0.5) is 0 Å². The van der Waals surface area contributed by atoms with Crippen LogP contribution in [0.5, 0.6) is 0 Å². The van der Waals surface area contributed by atoms with E-state index in [1.54, 1.807) is 52.1 Å². The molecule has 0 aromatic heterocycles. The Hall–Kier alpha value is -5.31. The maximum absolute atomic E-state index is 14.8. The monoisotopic (exact) mass is 1220 g/mol. The van der Waals surface area contributed by atoms with E-state index < -0.39 is 64.3 Å². The Morgan fingerprint density at radius 1 is 0.851 bits per heavy atom. The summed E-state index contributed by atoms with van der Waals surface area (Å²) in [6.07, 6.45) is 6.65. The van der Waals surface area contributed by atoms with Crippen molar-refractivity contribution in [2.24, 2.45) is 51.2 Å². The number of fused-ring (bicyclic) bond motifs is 1. The maximum Gasteiger partial charge on any atom is 0.252 e. The van der Waals surface area contributed by atoms with Gasteiger partial charge < -0.3 is 24.6 Å². The zero-order valence-electron chi connectivity index (χ0n) is 55.6. The van der Waals surface area contributed by atoms with Crippen molar-refractivity contribution in [2.45, 2.75) is 222 Å². The number of imide groups is 1. The normalized spacial score (nSPS) is 26.0. The first-order valence-corrected chi connectivity index (χ1v) is 32.7. The fourth-order valence-electron chi connectivity index (χ4n) is 15.3. The van der Waals surface area contributed by atoms with Gasteiger partial charge >= 0.3 is 0 Å². The fraction of sp³-hybridized carbons (Fsp3) is 0.776. The highest BCUT2D eigenvalue weighted by molar-refractivity contribution is 6.13. The number of hydroxylamine groups is 2. The number of carbonyl (C=O) groups excluding carboxylic acids is 9. The maximum atomic E-state index is 14.8. The van der Waals surface area contributed by atoms with Crippen molar-refractivity contribution in [1.82, 2.24) is 40.8 Å². The molecular weight excluding hydrogens is 1110 g/mol. The second-order valence-electron chi connectivity index (χ2n) is 27.6. The quantitative estimate of drug-likeness (QED) is 0.0454. The molecule has 20 nitrogen and oxygen atoms in total. The third kappa shape index (κ3) is 15.0. The van der Waals surface area contributed by atoms with Crippen LogP contribution in [0.15, 0.2) is 30.3 Å². The highest BCUT2D eigenvalue weighted by Gasteiger charge is 2.83. The second-order valence-corrected chi connectivity index (χ2v) is 27.6. The molecule has 87 heavy (non-hydrogen) atoms. The number of piperidine rings is 1. The number of amides is 8. The molecule has 3 saturated heterocycles. The number of likely N-dealkylation sites (tertiary alicyclic amines) is 2. The zero-order valence-corrected chi connectivity index (χ0v) is 55.6. The van der Waals surface area contributed by atoms with Crippen LogP contribution in [-0.4, -0.2) is 175 Å². The summed E-state index contributed by atoms with van der Waals surface area (Å²) in [4.78, 5) is 138. The SMILES string of the molecule is CCC(C)C(C(CC(=O)N1CCCC1C(OC)C(C)C(=O)CCCC1(C(=O)N2CCCCO2)CC1c1ccccc1)OC)N(C)C(=O)C(NC(=O)C(C(C)C)N(C)CCCC(=O)NNC(=O)C(C)(C)CCN1C(=O)C2C(C)(CC)C2(CC)C1=O)C(C)C. The van der Waals surface area contributed by atoms with Crippen molar-refractivity contribution in [3.63, 3.8) is 0 Å². The summed E-state index contributed by atoms with van der Waals surface area (Å²) in [5, 5.41) is 4.64. The molecule has 0 bridgehead atoms. The van der Waals surface area contributed by atoms with Gasteiger partial charge in [0.15, 0.2) is 0 Å². The number of benzene rings is 1.